The number of carbonyl (C=O) groups excluding carboxylic acids is 1. The molecule has 2 heterocycles. The molecule has 15 heavy (non-hydrogen) atoms. The van der Waals surface area contributed by atoms with Crippen molar-refractivity contribution in [2.75, 3.05) is 11.9 Å². The standard InChI is InChI=1S/C8H9N5O2/c14-3-1-2-9-8-12-6-5(7(15)13-8)10-4-11-6/h3-4H,1-2H2,(H3,9,10,11,12,13,15). The lowest BCUT2D eigenvalue weighted by molar-refractivity contribution is -0.107. The van der Waals surface area contributed by atoms with E-state index in [1.807, 2.05) is 0 Å². The maximum absolute atomic E-state index is 11.4. The van der Waals surface area contributed by atoms with Gasteiger partial charge in [0, 0.05) is 13.0 Å². The van der Waals surface area contributed by atoms with E-state index in [4.69, 9.17) is 0 Å². The highest BCUT2D eigenvalue weighted by molar-refractivity contribution is 5.69. The summed E-state index contributed by atoms with van der Waals surface area (Å²) in [6.45, 7) is 0.433. The Kier molecular flexibility index (Phi) is 2.44. The fraction of sp³-hybridized carbons (Fsp3) is 0.250. The molecule has 0 spiro atoms. The fourth-order valence-corrected chi connectivity index (χ4v) is 1.18. The zero-order chi connectivity index (χ0) is 10.7. The number of carbonyl (C=O) groups is 1. The van der Waals surface area contributed by atoms with Crippen molar-refractivity contribution in [2.45, 2.75) is 6.42 Å². The highest BCUT2D eigenvalue weighted by Gasteiger charge is 2.04. The Hall–Kier alpha value is -2.18. The Morgan fingerprint density at radius 1 is 1.53 bits per heavy atom. The number of aromatic nitrogens is 4. The van der Waals surface area contributed by atoms with E-state index < -0.39 is 0 Å². The first kappa shape index (κ1) is 9.38. The van der Waals surface area contributed by atoms with Crippen molar-refractivity contribution in [2.24, 2.45) is 0 Å². The zero-order valence-corrected chi connectivity index (χ0v) is 7.78. The third-order valence-corrected chi connectivity index (χ3v) is 1.85. The van der Waals surface area contributed by atoms with Gasteiger partial charge in [0.15, 0.2) is 11.2 Å². The van der Waals surface area contributed by atoms with Gasteiger partial charge in [-0.2, -0.15) is 4.98 Å². The third-order valence-electron chi connectivity index (χ3n) is 1.85. The molecule has 2 aromatic rings. The molecule has 0 fully saturated rings. The predicted molar refractivity (Wildman–Crippen MR) is 53.7 cm³/mol. The largest absolute Gasteiger partial charge is 0.355 e. The normalized spacial score (nSPS) is 10.4. The molecule has 0 unspecified atom stereocenters. The number of nitrogens with zero attached hydrogens (tertiary/aromatic N) is 2. The van der Waals surface area contributed by atoms with Crippen molar-refractivity contribution in [3.63, 3.8) is 0 Å². The van der Waals surface area contributed by atoms with Gasteiger partial charge in [-0.05, 0) is 0 Å². The second kappa shape index (κ2) is 3.91. The minimum absolute atomic E-state index is 0.286. The number of rotatable bonds is 4. The van der Waals surface area contributed by atoms with E-state index in [9.17, 15) is 9.59 Å². The molecule has 0 radical (unpaired) electrons. The Morgan fingerprint density at radius 3 is 3.20 bits per heavy atom. The van der Waals surface area contributed by atoms with Crippen LogP contribution in [0.2, 0.25) is 0 Å². The van der Waals surface area contributed by atoms with Crippen molar-refractivity contribution in [3.05, 3.63) is 16.7 Å². The van der Waals surface area contributed by atoms with Crippen LogP contribution in [0.25, 0.3) is 11.2 Å². The summed E-state index contributed by atoms with van der Waals surface area (Å²) in [5, 5.41) is 2.82. The highest BCUT2D eigenvalue weighted by Crippen LogP contribution is 2.02. The maximum atomic E-state index is 11.4. The molecule has 0 aliphatic carbocycles. The predicted octanol–water partition coefficient (Wildman–Crippen LogP) is -0.353. The molecule has 2 aromatic heterocycles. The number of fused-ring (bicyclic) bond motifs is 1. The average Bonchev–Trinajstić information content (AvgIpc) is 2.66. The first-order valence-electron chi connectivity index (χ1n) is 4.42. The summed E-state index contributed by atoms with van der Waals surface area (Å²) in [4.78, 5) is 34.6. The van der Waals surface area contributed by atoms with Gasteiger partial charge in [0.25, 0.3) is 5.56 Å². The van der Waals surface area contributed by atoms with Crippen molar-refractivity contribution < 1.29 is 4.79 Å². The molecule has 0 amide bonds. The molecule has 0 bridgehead atoms. The summed E-state index contributed by atoms with van der Waals surface area (Å²) >= 11 is 0. The topological polar surface area (TPSA) is 104 Å². The maximum Gasteiger partial charge on any atom is 0.278 e. The van der Waals surface area contributed by atoms with Gasteiger partial charge in [-0.3, -0.25) is 9.78 Å². The third kappa shape index (κ3) is 1.85. The van der Waals surface area contributed by atoms with E-state index in [-0.39, 0.29) is 5.56 Å². The molecule has 2 rings (SSSR count). The van der Waals surface area contributed by atoms with E-state index in [2.05, 4.69) is 25.3 Å². The minimum Gasteiger partial charge on any atom is -0.355 e. The Balaban J connectivity index is 2.28. The van der Waals surface area contributed by atoms with Crippen LogP contribution in [-0.4, -0.2) is 32.8 Å². The van der Waals surface area contributed by atoms with Crippen LogP contribution < -0.4 is 10.9 Å². The molecule has 7 nitrogen and oxygen atoms in total. The van der Waals surface area contributed by atoms with Crippen molar-refractivity contribution in [1.82, 2.24) is 19.9 Å². The van der Waals surface area contributed by atoms with Crippen molar-refractivity contribution in [3.8, 4) is 0 Å². The molecule has 0 atom stereocenters. The lowest BCUT2D eigenvalue weighted by atomic mass is 10.5. The van der Waals surface area contributed by atoms with Crippen molar-refractivity contribution in [1.29, 1.82) is 0 Å². The van der Waals surface area contributed by atoms with Gasteiger partial charge in [0.05, 0.1) is 6.33 Å². The first-order chi connectivity index (χ1) is 7.31. The van der Waals surface area contributed by atoms with Crippen LogP contribution in [0.1, 0.15) is 6.42 Å². The van der Waals surface area contributed by atoms with Gasteiger partial charge in [-0.25, -0.2) is 4.98 Å². The lowest BCUT2D eigenvalue weighted by Gasteiger charge is -2.01. The van der Waals surface area contributed by atoms with E-state index in [0.717, 1.165) is 6.29 Å². The Morgan fingerprint density at radius 2 is 2.40 bits per heavy atom. The number of aromatic amines is 2. The van der Waals surface area contributed by atoms with Gasteiger partial charge in [0.2, 0.25) is 5.95 Å². The molecule has 0 aliphatic rings. The summed E-state index contributed by atoms with van der Waals surface area (Å²) in [5.41, 5.74) is 0.411. The van der Waals surface area contributed by atoms with Gasteiger partial charge >= 0.3 is 0 Å². The van der Waals surface area contributed by atoms with E-state index in [1.165, 1.54) is 6.33 Å². The summed E-state index contributed by atoms with van der Waals surface area (Å²) in [6.07, 6.45) is 2.56. The molecule has 0 saturated carbocycles. The number of H-pyrrole nitrogens is 2. The molecule has 0 saturated heterocycles. The summed E-state index contributed by atoms with van der Waals surface area (Å²) < 4.78 is 0. The summed E-state index contributed by atoms with van der Waals surface area (Å²) in [7, 11) is 0. The lowest BCUT2D eigenvalue weighted by Crippen LogP contribution is -2.14. The van der Waals surface area contributed by atoms with Crippen LogP contribution in [0, 0.1) is 0 Å². The van der Waals surface area contributed by atoms with Gasteiger partial charge in [0.1, 0.15) is 6.29 Å². The Labute approximate surface area is 83.9 Å². The Bertz CT molecular complexity index is 529. The van der Waals surface area contributed by atoms with Crippen LogP contribution in [-0.2, 0) is 4.79 Å². The van der Waals surface area contributed by atoms with Gasteiger partial charge in [-0.1, -0.05) is 0 Å². The van der Waals surface area contributed by atoms with Crippen LogP contribution in [0.15, 0.2) is 11.1 Å². The number of imidazole rings is 1. The fourth-order valence-electron chi connectivity index (χ4n) is 1.18. The first-order valence-corrected chi connectivity index (χ1v) is 4.42. The second-order valence-corrected chi connectivity index (χ2v) is 2.90. The van der Waals surface area contributed by atoms with Gasteiger partial charge in [-0.15, -0.1) is 0 Å². The van der Waals surface area contributed by atoms with Crippen LogP contribution in [0.4, 0.5) is 5.95 Å². The highest BCUT2D eigenvalue weighted by atomic mass is 16.1. The van der Waals surface area contributed by atoms with E-state index >= 15 is 0 Å². The summed E-state index contributed by atoms with van der Waals surface area (Å²) in [6, 6.07) is 0. The van der Waals surface area contributed by atoms with Gasteiger partial charge < -0.3 is 15.1 Å². The number of nitrogens with one attached hydrogen (secondary N) is 3. The van der Waals surface area contributed by atoms with Crippen LogP contribution in [0.3, 0.4) is 0 Å². The zero-order valence-electron chi connectivity index (χ0n) is 7.78. The minimum atomic E-state index is -0.286. The second-order valence-electron chi connectivity index (χ2n) is 2.90. The SMILES string of the molecule is O=CCCNc1nc2nc[nH]c2c(=O)[nH]1. The molecular formula is C8H9N5O2. The number of hydrogen-bond donors (Lipinski definition) is 3. The van der Waals surface area contributed by atoms with Crippen LogP contribution >= 0.6 is 0 Å². The molecule has 3 N–H and O–H groups in total. The number of anilines is 1. The molecule has 0 aromatic carbocycles. The monoisotopic (exact) mass is 207 g/mol. The molecular weight excluding hydrogens is 198 g/mol. The smallest absolute Gasteiger partial charge is 0.278 e. The quantitative estimate of drug-likeness (QED) is 0.469. The molecule has 0 aliphatic heterocycles. The molecule has 7 heteroatoms. The average molecular weight is 207 g/mol. The number of aldehydes is 1. The summed E-state index contributed by atoms with van der Waals surface area (Å²) in [5.74, 6) is 0.321. The van der Waals surface area contributed by atoms with E-state index in [0.29, 0.717) is 30.1 Å². The number of hydrogen-bond acceptors (Lipinski definition) is 5. The van der Waals surface area contributed by atoms with Crippen molar-refractivity contribution >= 4 is 23.4 Å². The molecule has 78 valence electrons. The van der Waals surface area contributed by atoms with E-state index in [1.54, 1.807) is 0 Å². The van der Waals surface area contributed by atoms with Crippen LogP contribution in [0.5, 0.6) is 0 Å².